The van der Waals surface area contributed by atoms with Crippen LogP contribution in [0.3, 0.4) is 0 Å². The average Bonchev–Trinajstić information content (AvgIpc) is 2.81. The van der Waals surface area contributed by atoms with Crippen LogP contribution in [0.5, 0.6) is 5.75 Å². The summed E-state index contributed by atoms with van der Waals surface area (Å²) >= 11 is 5.04. The van der Waals surface area contributed by atoms with Gasteiger partial charge in [-0.2, -0.15) is 5.10 Å². The molecule has 0 amide bonds. The van der Waals surface area contributed by atoms with E-state index in [9.17, 15) is 0 Å². The third kappa shape index (κ3) is 3.23. The van der Waals surface area contributed by atoms with Crippen LogP contribution in [0.15, 0.2) is 30.6 Å². The van der Waals surface area contributed by atoms with E-state index in [2.05, 4.69) is 10.4 Å². The van der Waals surface area contributed by atoms with Crippen LogP contribution in [0.2, 0.25) is 0 Å². The summed E-state index contributed by atoms with van der Waals surface area (Å²) in [6.45, 7) is 0.649. The van der Waals surface area contributed by atoms with Gasteiger partial charge in [-0.25, -0.2) is 0 Å². The van der Waals surface area contributed by atoms with Crippen LogP contribution in [0.25, 0.3) is 0 Å². The molecule has 100 valence electrons. The van der Waals surface area contributed by atoms with Crippen LogP contribution in [0.1, 0.15) is 11.1 Å². The summed E-state index contributed by atoms with van der Waals surface area (Å²) in [6, 6.07) is 5.57. The first-order valence-corrected chi connectivity index (χ1v) is 6.20. The molecule has 0 radical (unpaired) electrons. The molecule has 1 aromatic heterocycles. The Kier molecular flexibility index (Phi) is 4.01. The predicted molar refractivity (Wildman–Crippen MR) is 79.4 cm³/mol. The third-order valence-electron chi connectivity index (χ3n) is 2.73. The van der Waals surface area contributed by atoms with Crippen molar-refractivity contribution in [2.24, 2.45) is 12.8 Å². The molecule has 2 aromatic rings. The van der Waals surface area contributed by atoms with Crippen molar-refractivity contribution in [2.45, 2.75) is 6.54 Å². The fourth-order valence-electron chi connectivity index (χ4n) is 1.77. The van der Waals surface area contributed by atoms with Gasteiger partial charge >= 0.3 is 0 Å². The van der Waals surface area contributed by atoms with Gasteiger partial charge in [0.1, 0.15) is 10.7 Å². The van der Waals surface area contributed by atoms with Crippen LogP contribution in [-0.2, 0) is 13.6 Å². The average molecular weight is 276 g/mol. The van der Waals surface area contributed by atoms with Crippen LogP contribution in [-0.4, -0.2) is 21.9 Å². The fourth-order valence-corrected chi connectivity index (χ4v) is 1.95. The van der Waals surface area contributed by atoms with E-state index in [1.165, 1.54) is 0 Å². The fraction of sp³-hybridized carbons (Fsp3) is 0.231. The Morgan fingerprint density at radius 2 is 2.32 bits per heavy atom. The van der Waals surface area contributed by atoms with E-state index in [1.807, 2.05) is 37.6 Å². The lowest BCUT2D eigenvalue weighted by Crippen LogP contribution is -2.13. The summed E-state index contributed by atoms with van der Waals surface area (Å²) in [5, 5.41) is 7.42. The second-order valence-electron chi connectivity index (χ2n) is 4.15. The maximum atomic E-state index is 5.71. The molecule has 0 spiro atoms. The molecule has 0 fully saturated rings. The monoisotopic (exact) mass is 276 g/mol. The number of benzene rings is 1. The van der Waals surface area contributed by atoms with Crippen molar-refractivity contribution in [3.63, 3.8) is 0 Å². The normalized spacial score (nSPS) is 10.2. The number of thiocarbonyl (C=S) groups is 1. The Bertz CT molecular complexity index is 594. The van der Waals surface area contributed by atoms with Gasteiger partial charge in [0.2, 0.25) is 0 Å². The molecule has 0 atom stereocenters. The van der Waals surface area contributed by atoms with Gasteiger partial charge in [-0.1, -0.05) is 12.2 Å². The van der Waals surface area contributed by atoms with Crippen molar-refractivity contribution in [3.8, 4) is 5.75 Å². The lowest BCUT2D eigenvalue weighted by Gasteiger charge is -2.12. The second kappa shape index (κ2) is 5.71. The van der Waals surface area contributed by atoms with Gasteiger partial charge < -0.3 is 15.8 Å². The zero-order valence-electron chi connectivity index (χ0n) is 10.9. The number of anilines is 1. The van der Waals surface area contributed by atoms with E-state index in [4.69, 9.17) is 22.7 Å². The number of aromatic nitrogens is 2. The van der Waals surface area contributed by atoms with E-state index in [0.29, 0.717) is 11.5 Å². The van der Waals surface area contributed by atoms with Crippen molar-refractivity contribution in [2.75, 3.05) is 12.4 Å². The highest BCUT2D eigenvalue weighted by Gasteiger charge is 2.07. The summed E-state index contributed by atoms with van der Waals surface area (Å²) in [6.07, 6.45) is 3.77. The Morgan fingerprint density at radius 3 is 2.89 bits per heavy atom. The summed E-state index contributed by atoms with van der Waals surface area (Å²) in [4.78, 5) is 0.358. The minimum atomic E-state index is 0.358. The van der Waals surface area contributed by atoms with E-state index in [1.54, 1.807) is 11.8 Å². The highest BCUT2D eigenvalue weighted by Crippen LogP contribution is 2.23. The molecule has 0 bridgehead atoms. The lowest BCUT2D eigenvalue weighted by atomic mass is 10.1. The first-order valence-electron chi connectivity index (χ1n) is 5.79. The maximum Gasteiger partial charge on any atom is 0.120 e. The summed E-state index contributed by atoms with van der Waals surface area (Å²) in [5.74, 6) is 0.758. The van der Waals surface area contributed by atoms with Crippen molar-refractivity contribution in [1.82, 2.24) is 9.78 Å². The first kappa shape index (κ1) is 13.4. The molecule has 2 rings (SSSR count). The third-order valence-corrected chi connectivity index (χ3v) is 2.95. The molecule has 1 aromatic carbocycles. The Labute approximate surface area is 117 Å². The number of aryl methyl sites for hydroxylation is 1. The topological polar surface area (TPSA) is 65.1 Å². The van der Waals surface area contributed by atoms with E-state index in [0.717, 1.165) is 22.6 Å². The predicted octanol–water partition coefficient (Wildman–Crippen LogP) is 1.68. The molecule has 0 unspecified atom stereocenters. The smallest absolute Gasteiger partial charge is 0.120 e. The van der Waals surface area contributed by atoms with Gasteiger partial charge in [0.15, 0.2) is 0 Å². The Hall–Kier alpha value is -2.08. The van der Waals surface area contributed by atoms with Crippen molar-refractivity contribution in [3.05, 3.63) is 41.7 Å². The number of nitrogens with one attached hydrogen (secondary N) is 1. The highest BCUT2D eigenvalue weighted by molar-refractivity contribution is 7.80. The molecule has 0 saturated heterocycles. The molecule has 1 heterocycles. The zero-order chi connectivity index (χ0) is 13.8. The lowest BCUT2D eigenvalue weighted by molar-refractivity contribution is 0.415. The standard InChI is InChI=1S/C13H16N4OS/c1-17-8-9(7-16-17)6-15-12-5-10(18-2)3-4-11(12)13(14)19/h3-5,7-8,15H,6H2,1-2H3,(H2,14,19). The summed E-state index contributed by atoms with van der Waals surface area (Å²) in [7, 11) is 3.51. The molecule has 5 nitrogen and oxygen atoms in total. The molecule has 6 heteroatoms. The molecular formula is C13H16N4OS. The first-order chi connectivity index (χ1) is 9.10. The minimum absolute atomic E-state index is 0.358. The SMILES string of the molecule is COc1ccc(C(N)=S)c(NCc2cnn(C)c2)c1. The van der Waals surface area contributed by atoms with E-state index < -0.39 is 0 Å². The molecular weight excluding hydrogens is 260 g/mol. The van der Waals surface area contributed by atoms with Gasteiger partial charge in [0, 0.05) is 42.7 Å². The molecule has 3 N–H and O–H groups in total. The molecule has 0 aliphatic carbocycles. The Morgan fingerprint density at radius 1 is 1.53 bits per heavy atom. The van der Waals surface area contributed by atoms with Crippen molar-refractivity contribution in [1.29, 1.82) is 0 Å². The quantitative estimate of drug-likeness (QED) is 0.813. The molecule has 0 aliphatic rings. The van der Waals surface area contributed by atoms with E-state index in [-0.39, 0.29) is 0 Å². The molecule has 0 aliphatic heterocycles. The number of nitrogens with zero attached hydrogens (tertiary/aromatic N) is 2. The van der Waals surface area contributed by atoms with Crippen LogP contribution in [0, 0.1) is 0 Å². The summed E-state index contributed by atoms with van der Waals surface area (Å²) in [5.41, 5.74) is 8.46. The number of nitrogens with two attached hydrogens (primary N) is 1. The highest BCUT2D eigenvalue weighted by atomic mass is 32.1. The maximum absolute atomic E-state index is 5.71. The largest absolute Gasteiger partial charge is 0.497 e. The number of hydrogen-bond acceptors (Lipinski definition) is 4. The summed E-state index contributed by atoms with van der Waals surface area (Å²) < 4.78 is 6.97. The number of methoxy groups -OCH3 is 1. The van der Waals surface area contributed by atoms with Gasteiger partial charge in [-0.05, 0) is 12.1 Å². The van der Waals surface area contributed by atoms with Crippen LogP contribution < -0.4 is 15.8 Å². The van der Waals surface area contributed by atoms with E-state index >= 15 is 0 Å². The van der Waals surface area contributed by atoms with Gasteiger partial charge in [-0.15, -0.1) is 0 Å². The van der Waals surface area contributed by atoms with Gasteiger partial charge in [-0.3, -0.25) is 4.68 Å². The minimum Gasteiger partial charge on any atom is -0.497 e. The zero-order valence-corrected chi connectivity index (χ0v) is 11.7. The molecule has 19 heavy (non-hydrogen) atoms. The second-order valence-corrected chi connectivity index (χ2v) is 4.59. The number of ether oxygens (including phenoxy) is 1. The molecule has 0 saturated carbocycles. The van der Waals surface area contributed by atoms with Gasteiger partial charge in [0.25, 0.3) is 0 Å². The van der Waals surface area contributed by atoms with Crippen LogP contribution >= 0.6 is 12.2 Å². The Balaban J connectivity index is 2.19. The number of hydrogen-bond donors (Lipinski definition) is 2. The van der Waals surface area contributed by atoms with Crippen molar-refractivity contribution >= 4 is 22.9 Å². The van der Waals surface area contributed by atoms with Crippen LogP contribution in [0.4, 0.5) is 5.69 Å². The van der Waals surface area contributed by atoms with Gasteiger partial charge in [0.05, 0.1) is 13.3 Å². The number of rotatable bonds is 5. The van der Waals surface area contributed by atoms with Crippen molar-refractivity contribution < 1.29 is 4.74 Å².